The first-order valence-electron chi connectivity index (χ1n) is 7.73. The van der Waals surface area contributed by atoms with Crippen LogP contribution in [0.15, 0.2) is 42.7 Å². The predicted octanol–water partition coefficient (Wildman–Crippen LogP) is 1.33. The number of benzene rings is 1. The standard InChI is InChI=1S/C17H21N5O/c1-18-16(23)14-6-3-5-13(11-14)15-12-22(10-9-21(15)2)17-19-7-4-8-20-17/h3-8,11,15H,9-10,12H2,1-2H3,(H,18,23)/t15-/m0/s1. The topological polar surface area (TPSA) is 61.4 Å². The van der Waals surface area contributed by atoms with Gasteiger partial charge in [-0.05, 0) is 30.8 Å². The van der Waals surface area contributed by atoms with Crippen molar-refractivity contribution in [1.82, 2.24) is 20.2 Å². The Morgan fingerprint density at radius 3 is 2.74 bits per heavy atom. The number of nitrogens with zero attached hydrogens (tertiary/aromatic N) is 4. The predicted molar refractivity (Wildman–Crippen MR) is 89.4 cm³/mol. The summed E-state index contributed by atoms with van der Waals surface area (Å²) < 4.78 is 0. The summed E-state index contributed by atoms with van der Waals surface area (Å²) >= 11 is 0. The minimum atomic E-state index is -0.0615. The molecule has 0 spiro atoms. The second kappa shape index (κ2) is 6.75. The van der Waals surface area contributed by atoms with Gasteiger partial charge in [0.1, 0.15) is 0 Å². The molecule has 1 aromatic carbocycles. The maximum atomic E-state index is 11.9. The third kappa shape index (κ3) is 3.32. The van der Waals surface area contributed by atoms with Crippen LogP contribution in [0.4, 0.5) is 5.95 Å². The number of carbonyl (C=O) groups excluding carboxylic acids is 1. The fraction of sp³-hybridized carbons (Fsp3) is 0.353. The Hall–Kier alpha value is -2.47. The first-order chi connectivity index (χ1) is 11.2. The zero-order chi connectivity index (χ0) is 16.2. The smallest absolute Gasteiger partial charge is 0.251 e. The van der Waals surface area contributed by atoms with Crippen molar-refractivity contribution in [2.24, 2.45) is 0 Å². The van der Waals surface area contributed by atoms with Crippen molar-refractivity contribution in [2.45, 2.75) is 6.04 Å². The highest BCUT2D eigenvalue weighted by atomic mass is 16.1. The van der Waals surface area contributed by atoms with Gasteiger partial charge in [-0.1, -0.05) is 12.1 Å². The molecule has 1 saturated heterocycles. The van der Waals surface area contributed by atoms with Gasteiger partial charge >= 0.3 is 0 Å². The van der Waals surface area contributed by atoms with Gasteiger partial charge in [-0.15, -0.1) is 0 Å². The molecule has 1 aromatic heterocycles. The van der Waals surface area contributed by atoms with E-state index in [9.17, 15) is 4.79 Å². The lowest BCUT2D eigenvalue weighted by Crippen LogP contribution is -2.47. The molecule has 0 radical (unpaired) electrons. The van der Waals surface area contributed by atoms with Crippen LogP contribution in [0.5, 0.6) is 0 Å². The summed E-state index contributed by atoms with van der Waals surface area (Å²) in [6.07, 6.45) is 3.53. The minimum Gasteiger partial charge on any atom is -0.355 e. The van der Waals surface area contributed by atoms with Crippen LogP contribution in [0, 0.1) is 0 Å². The van der Waals surface area contributed by atoms with Gasteiger partial charge in [-0.25, -0.2) is 9.97 Å². The molecule has 120 valence electrons. The molecule has 1 N–H and O–H groups in total. The van der Waals surface area contributed by atoms with Crippen molar-refractivity contribution >= 4 is 11.9 Å². The van der Waals surface area contributed by atoms with E-state index in [-0.39, 0.29) is 11.9 Å². The van der Waals surface area contributed by atoms with Gasteiger partial charge in [0.15, 0.2) is 0 Å². The Balaban J connectivity index is 1.84. The van der Waals surface area contributed by atoms with E-state index in [0.29, 0.717) is 5.56 Å². The zero-order valence-corrected chi connectivity index (χ0v) is 13.4. The van der Waals surface area contributed by atoms with Crippen LogP contribution in [0.2, 0.25) is 0 Å². The van der Waals surface area contributed by atoms with Crippen molar-refractivity contribution in [3.8, 4) is 0 Å². The van der Waals surface area contributed by atoms with Crippen molar-refractivity contribution in [3.05, 3.63) is 53.9 Å². The van der Waals surface area contributed by atoms with E-state index in [0.717, 1.165) is 31.1 Å². The fourth-order valence-corrected chi connectivity index (χ4v) is 2.90. The highest BCUT2D eigenvalue weighted by Crippen LogP contribution is 2.26. The van der Waals surface area contributed by atoms with Gasteiger partial charge in [0.25, 0.3) is 5.91 Å². The quantitative estimate of drug-likeness (QED) is 0.926. The minimum absolute atomic E-state index is 0.0615. The highest BCUT2D eigenvalue weighted by molar-refractivity contribution is 5.94. The lowest BCUT2D eigenvalue weighted by atomic mass is 10.0. The number of rotatable bonds is 3. The number of hydrogen-bond donors (Lipinski definition) is 1. The summed E-state index contributed by atoms with van der Waals surface area (Å²) in [5, 5.41) is 2.67. The van der Waals surface area contributed by atoms with Crippen LogP contribution in [0.3, 0.4) is 0 Å². The van der Waals surface area contributed by atoms with Gasteiger partial charge in [0.05, 0.1) is 6.04 Å². The lowest BCUT2D eigenvalue weighted by molar-refractivity contribution is 0.0962. The van der Waals surface area contributed by atoms with Gasteiger partial charge in [-0.2, -0.15) is 0 Å². The van der Waals surface area contributed by atoms with E-state index in [1.807, 2.05) is 24.3 Å². The summed E-state index contributed by atoms with van der Waals surface area (Å²) in [5.41, 5.74) is 1.82. The van der Waals surface area contributed by atoms with Gasteiger partial charge in [0, 0.05) is 44.6 Å². The molecule has 3 rings (SSSR count). The molecule has 1 aliphatic rings. The molecule has 6 nitrogen and oxygen atoms in total. The van der Waals surface area contributed by atoms with Crippen molar-refractivity contribution in [2.75, 3.05) is 38.6 Å². The molecular weight excluding hydrogens is 290 g/mol. The molecule has 0 bridgehead atoms. The summed E-state index contributed by atoms with van der Waals surface area (Å²) in [6.45, 7) is 2.62. The molecule has 1 amide bonds. The van der Waals surface area contributed by atoms with Crippen LogP contribution < -0.4 is 10.2 Å². The van der Waals surface area contributed by atoms with Crippen LogP contribution in [-0.2, 0) is 0 Å². The number of carbonyl (C=O) groups is 1. The number of piperazine rings is 1. The molecule has 1 fully saturated rings. The number of likely N-dealkylation sites (N-methyl/N-ethyl adjacent to an activating group) is 1. The van der Waals surface area contributed by atoms with Crippen molar-refractivity contribution in [1.29, 1.82) is 0 Å². The van der Waals surface area contributed by atoms with E-state index < -0.39 is 0 Å². The van der Waals surface area contributed by atoms with Gasteiger partial charge < -0.3 is 10.2 Å². The number of amides is 1. The van der Waals surface area contributed by atoms with E-state index in [4.69, 9.17) is 0 Å². The maximum Gasteiger partial charge on any atom is 0.251 e. The lowest BCUT2D eigenvalue weighted by Gasteiger charge is -2.39. The second-order valence-electron chi connectivity index (χ2n) is 5.70. The Morgan fingerprint density at radius 1 is 1.22 bits per heavy atom. The summed E-state index contributed by atoms with van der Waals surface area (Å²) in [5.74, 6) is 0.696. The summed E-state index contributed by atoms with van der Waals surface area (Å²) in [7, 11) is 3.76. The third-order valence-electron chi connectivity index (χ3n) is 4.24. The molecule has 2 heterocycles. The average Bonchev–Trinajstić information content (AvgIpc) is 2.62. The van der Waals surface area contributed by atoms with Crippen LogP contribution in [0.1, 0.15) is 22.0 Å². The van der Waals surface area contributed by atoms with E-state index in [2.05, 4.69) is 38.2 Å². The molecular formula is C17H21N5O. The number of aromatic nitrogens is 2. The third-order valence-corrected chi connectivity index (χ3v) is 4.24. The largest absolute Gasteiger partial charge is 0.355 e. The molecule has 0 aliphatic carbocycles. The molecule has 6 heteroatoms. The van der Waals surface area contributed by atoms with E-state index in [1.165, 1.54) is 0 Å². The number of anilines is 1. The number of hydrogen-bond acceptors (Lipinski definition) is 5. The maximum absolute atomic E-state index is 11.9. The van der Waals surface area contributed by atoms with Crippen LogP contribution in [0.25, 0.3) is 0 Å². The first kappa shape index (κ1) is 15.4. The monoisotopic (exact) mass is 311 g/mol. The Kier molecular flexibility index (Phi) is 4.52. The molecule has 1 atom stereocenters. The molecule has 2 aromatic rings. The van der Waals surface area contributed by atoms with Crippen LogP contribution in [-0.4, -0.2) is 54.5 Å². The SMILES string of the molecule is CNC(=O)c1cccc([C@@H]2CN(c3ncccn3)CCN2C)c1. The molecule has 0 saturated carbocycles. The first-order valence-corrected chi connectivity index (χ1v) is 7.73. The van der Waals surface area contributed by atoms with E-state index >= 15 is 0 Å². The van der Waals surface area contributed by atoms with Crippen molar-refractivity contribution < 1.29 is 4.79 Å². The summed E-state index contributed by atoms with van der Waals surface area (Å²) in [6, 6.07) is 9.84. The van der Waals surface area contributed by atoms with Gasteiger partial charge in [-0.3, -0.25) is 9.69 Å². The summed E-state index contributed by atoms with van der Waals surface area (Å²) in [4.78, 5) is 25.1. The van der Waals surface area contributed by atoms with Crippen molar-refractivity contribution in [3.63, 3.8) is 0 Å². The number of nitrogens with one attached hydrogen (secondary N) is 1. The Morgan fingerprint density at radius 2 is 2.00 bits per heavy atom. The fourth-order valence-electron chi connectivity index (χ4n) is 2.90. The van der Waals surface area contributed by atoms with E-state index in [1.54, 1.807) is 19.4 Å². The average molecular weight is 311 g/mol. The Labute approximate surface area is 136 Å². The Bertz CT molecular complexity index is 676. The van der Waals surface area contributed by atoms with Gasteiger partial charge in [0.2, 0.25) is 5.95 Å². The molecule has 23 heavy (non-hydrogen) atoms. The highest BCUT2D eigenvalue weighted by Gasteiger charge is 2.27. The molecule has 0 unspecified atom stereocenters. The molecule has 1 aliphatic heterocycles. The van der Waals surface area contributed by atoms with Crippen LogP contribution >= 0.6 is 0 Å². The second-order valence-corrected chi connectivity index (χ2v) is 5.70. The zero-order valence-electron chi connectivity index (χ0n) is 13.4. The normalized spacial score (nSPS) is 18.7.